The van der Waals surface area contributed by atoms with E-state index in [-0.39, 0.29) is 5.56 Å². The molecule has 1 aromatic heterocycles. The number of Topliss-reactive ketones (excluding diaryl/α,β-unsaturated/α-hetero) is 1. The van der Waals surface area contributed by atoms with Crippen molar-refractivity contribution < 1.29 is 13.6 Å². The molecule has 0 unspecified atom stereocenters. The Morgan fingerprint density at radius 1 is 1.06 bits per heavy atom. The Morgan fingerprint density at radius 3 is 2.29 bits per heavy atom. The van der Waals surface area contributed by atoms with Crippen molar-refractivity contribution in [2.24, 2.45) is 0 Å². The Hall–Kier alpha value is -2.10. The summed E-state index contributed by atoms with van der Waals surface area (Å²) in [7, 11) is 0. The third kappa shape index (κ3) is 2.53. The molecule has 86 valence electrons. The molecule has 0 bridgehead atoms. The molecule has 0 atom stereocenters. The molecule has 0 fully saturated rings. The Labute approximate surface area is 96.9 Å². The second-order valence-electron chi connectivity index (χ2n) is 3.46. The fraction of sp³-hybridized carbons (Fsp3) is 0.0769. The lowest BCUT2D eigenvalue weighted by Crippen LogP contribution is -2.09. The van der Waals surface area contributed by atoms with E-state index in [1.54, 1.807) is 24.4 Å². The molecule has 1 heterocycles. The molecule has 0 saturated carbocycles. The largest absolute Gasteiger partial charge is 0.300 e. The standard InChI is InChI=1S/C13H9F2NO/c14-13(15)12(17)10-6-4-9(5-7-10)11-3-1-2-8-16-11/h1-8,13H. The first kappa shape index (κ1) is 11.4. The normalized spacial score (nSPS) is 10.5. The maximum atomic E-state index is 12.2. The molecule has 0 spiro atoms. The molecule has 17 heavy (non-hydrogen) atoms. The maximum Gasteiger partial charge on any atom is 0.300 e. The number of halogens is 2. The van der Waals surface area contributed by atoms with Gasteiger partial charge in [0.25, 0.3) is 0 Å². The van der Waals surface area contributed by atoms with Crippen molar-refractivity contribution in [1.82, 2.24) is 4.98 Å². The summed E-state index contributed by atoms with van der Waals surface area (Å²) in [5, 5.41) is 0. The number of hydrogen-bond donors (Lipinski definition) is 0. The molecule has 0 radical (unpaired) electrons. The minimum atomic E-state index is -2.96. The monoisotopic (exact) mass is 233 g/mol. The van der Waals surface area contributed by atoms with Crippen molar-refractivity contribution >= 4 is 5.78 Å². The van der Waals surface area contributed by atoms with Crippen LogP contribution in [-0.4, -0.2) is 17.2 Å². The fourth-order valence-corrected chi connectivity index (χ4v) is 1.46. The third-order valence-corrected chi connectivity index (χ3v) is 2.33. The predicted molar refractivity (Wildman–Crippen MR) is 60.0 cm³/mol. The van der Waals surface area contributed by atoms with Gasteiger partial charge in [0.2, 0.25) is 5.78 Å². The highest BCUT2D eigenvalue weighted by Crippen LogP contribution is 2.18. The second kappa shape index (κ2) is 4.82. The minimum absolute atomic E-state index is 0.0136. The van der Waals surface area contributed by atoms with Crippen LogP contribution in [0.1, 0.15) is 10.4 Å². The molecule has 2 nitrogen and oxygen atoms in total. The Kier molecular flexibility index (Phi) is 3.23. The average Bonchev–Trinajstić information content (AvgIpc) is 2.39. The number of carbonyl (C=O) groups excluding carboxylic acids is 1. The van der Waals surface area contributed by atoms with Crippen LogP contribution in [0.2, 0.25) is 0 Å². The van der Waals surface area contributed by atoms with E-state index in [4.69, 9.17) is 0 Å². The summed E-state index contributed by atoms with van der Waals surface area (Å²) in [5.41, 5.74) is 1.54. The molecule has 0 aliphatic heterocycles. The summed E-state index contributed by atoms with van der Waals surface area (Å²) in [6.07, 6.45) is -1.32. The fourth-order valence-electron chi connectivity index (χ4n) is 1.46. The molecule has 2 rings (SSSR count). The Bertz CT molecular complexity index is 509. The number of benzene rings is 1. The van der Waals surface area contributed by atoms with Crippen molar-refractivity contribution in [2.75, 3.05) is 0 Å². The summed E-state index contributed by atoms with van der Waals surface area (Å²) in [4.78, 5) is 15.2. The molecular weight excluding hydrogens is 224 g/mol. The summed E-state index contributed by atoms with van der Waals surface area (Å²) in [6, 6.07) is 11.4. The van der Waals surface area contributed by atoms with Gasteiger partial charge in [0.1, 0.15) is 0 Å². The van der Waals surface area contributed by atoms with E-state index in [9.17, 15) is 13.6 Å². The van der Waals surface area contributed by atoms with E-state index in [0.717, 1.165) is 11.3 Å². The van der Waals surface area contributed by atoms with Gasteiger partial charge < -0.3 is 0 Å². The lowest BCUT2D eigenvalue weighted by molar-refractivity contribution is 0.0679. The highest BCUT2D eigenvalue weighted by atomic mass is 19.3. The molecule has 0 amide bonds. The van der Waals surface area contributed by atoms with Crippen LogP contribution >= 0.6 is 0 Å². The molecule has 0 aliphatic rings. The van der Waals surface area contributed by atoms with Crippen molar-refractivity contribution in [3.8, 4) is 11.3 Å². The zero-order chi connectivity index (χ0) is 12.3. The first-order valence-electron chi connectivity index (χ1n) is 5.02. The molecular formula is C13H9F2NO. The van der Waals surface area contributed by atoms with E-state index >= 15 is 0 Å². The molecule has 0 N–H and O–H groups in total. The van der Waals surface area contributed by atoms with Crippen molar-refractivity contribution in [1.29, 1.82) is 0 Å². The molecule has 0 aliphatic carbocycles. The first-order valence-corrected chi connectivity index (χ1v) is 5.02. The lowest BCUT2D eigenvalue weighted by Gasteiger charge is -2.02. The van der Waals surface area contributed by atoms with Crippen LogP contribution < -0.4 is 0 Å². The number of hydrogen-bond acceptors (Lipinski definition) is 2. The number of nitrogens with zero attached hydrogens (tertiary/aromatic N) is 1. The third-order valence-electron chi connectivity index (χ3n) is 2.33. The van der Waals surface area contributed by atoms with Crippen molar-refractivity contribution in [3.05, 3.63) is 54.2 Å². The lowest BCUT2D eigenvalue weighted by atomic mass is 10.1. The van der Waals surface area contributed by atoms with E-state index < -0.39 is 12.2 Å². The Balaban J connectivity index is 2.28. The van der Waals surface area contributed by atoms with E-state index in [1.807, 2.05) is 12.1 Å². The van der Waals surface area contributed by atoms with Crippen molar-refractivity contribution in [3.63, 3.8) is 0 Å². The molecule has 1 aromatic carbocycles. The quantitative estimate of drug-likeness (QED) is 0.762. The van der Waals surface area contributed by atoms with Crippen LogP contribution in [0, 0.1) is 0 Å². The zero-order valence-electron chi connectivity index (χ0n) is 8.81. The van der Waals surface area contributed by atoms with Gasteiger partial charge in [0.15, 0.2) is 0 Å². The van der Waals surface area contributed by atoms with Gasteiger partial charge in [-0.25, -0.2) is 8.78 Å². The van der Waals surface area contributed by atoms with Gasteiger partial charge in [-0.1, -0.05) is 30.3 Å². The Morgan fingerprint density at radius 2 is 1.76 bits per heavy atom. The van der Waals surface area contributed by atoms with E-state index in [2.05, 4.69) is 4.98 Å². The second-order valence-corrected chi connectivity index (χ2v) is 3.46. The summed E-state index contributed by atoms with van der Waals surface area (Å²) in [6.45, 7) is 0. The topological polar surface area (TPSA) is 30.0 Å². The zero-order valence-corrected chi connectivity index (χ0v) is 8.81. The van der Waals surface area contributed by atoms with Crippen LogP contribution in [0.4, 0.5) is 8.78 Å². The molecule has 0 saturated heterocycles. The maximum absolute atomic E-state index is 12.2. The SMILES string of the molecule is O=C(c1ccc(-c2ccccn2)cc1)C(F)F. The smallest absolute Gasteiger partial charge is 0.288 e. The molecule has 4 heteroatoms. The summed E-state index contributed by atoms with van der Waals surface area (Å²) >= 11 is 0. The van der Waals surface area contributed by atoms with E-state index in [1.165, 1.54) is 12.1 Å². The summed E-state index contributed by atoms with van der Waals surface area (Å²) < 4.78 is 24.4. The van der Waals surface area contributed by atoms with Gasteiger partial charge in [-0.15, -0.1) is 0 Å². The number of alkyl halides is 2. The van der Waals surface area contributed by atoms with Gasteiger partial charge in [-0.05, 0) is 12.1 Å². The van der Waals surface area contributed by atoms with E-state index in [0.29, 0.717) is 0 Å². The van der Waals surface area contributed by atoms with Gasteiger partial charge in [-0.3, -0.25) is 9.78 Å². The van der Waals surface area contributed by atoms with Crippen LogP contribution in [0.5, 0.6) is 0 Å². The number of ketones is 1. The number of pyridine rings is 1. The highest BCUT2D eigenvalue weighted by Gasteiger charge is 2.17. The van der Waals surface area contributed by atoms with Crippen LogP contribution in [-0.2, 0) is 0 Å². The number of aromatic nitrogens is 1. The van der Waals surface area contributed by atoms with Gasteiger partial charge in [0, 0.05) is 17.3 Å². The highest BCUT2D eigenvalue weighted by molar-refractivity contribution is 5.98. The average molecular weight is 233 g/mol. The van der Waals surface area contributed by atoms with Crippen LogP contribution in [0.15, 0.2) is 48.7 Å². The van der Waals surface area contributed by atoms with Crippen LogP contribution in [0.3, 0.4) is 0 Å². The van der Waals surface area contributed by atoms with Gasteiger partial charge in [0.05, 0.1) is 5.69 Å². The van der Waals surface area contributed by atoms with Crippen LogP contribution in [0.25, 0.3) is 11.3 Å². The van der Waals surface area contributed by atoms with Gasteiger partial charge >= 0.3 is 6.43 Å². The number of carbonyl (C=O) groups is 1. The number of rotatable bonds is 3. The van der Waals surface area contributed by atoms with Crippen molar-refractivity contribution in [2.45, 2.75) is 6.43 Å². The van der Waals surface area contributed by atoms with Gasteiger partial charge in [-0.2, -0.15) is 0 Å². The predicted octanol–water partition coefficient (Wildman–Crippen LogP) is 3.20. The first-order chi connectivity index (χ1) is 8.18. The minimum Gasteiger partial charge on any atom is -0.288 e. The molecule has 2 aromatic rings. The summed E-state index contributed by atoms with van der Waals surface area (Å²) in [5.74, 6) is -1.16.